The highest BCUT2D eigenvalue weighted by molar-refractivity contribution is 9.12. The molecule has 0 radical (unpaired) electrons. The van der Waals surface area contributed by atoms with E-state index >= 15 is 0 Å². The molecule has 7 nitrogen and oxygen atoms in total. The van der Waals surface area contributed by atoms with Crippen LogP contribution in [-0.2, 0) is 46.4 Å². The summed E-state index contributed by atoms with van der Waals surface area (Å²) < 4.78 is 37.4. The molecule has 1 heterocycles. The summed E-state index contributed by atoms with van der Waals surface area (Å²) in [5, 5.41) is 0. The van der Waals surface area contributed by atoms with Crippen LogP contribution in [0.25, 0.3) is 0 Å². The number of hydrogen-bond donors (Lipinski definition) is 0. The molecule has 0 spiro atoms. The number of benzene rings is 2. The smallest absolute Gasteiger partial charge is 0.311 e. The van der Waals surface area contributed by atoms with Crippen molar-refractivity contribution < 1.29 is 33.2 Å². The van der Waals surface area contributed by atoms with Crippen molar-refractivity contribution in [3.05, 3.63) is 71.8 Å². The Hall–Kier alpha value is -1.33. The fourth-order valence-corrected chi connectivity index (χ4v) is 6.13. The van der Waals surface area contributed by atoms with E-state index in [4.69, 9.17) is 28.4 Å². The molecule has 1 fully saturated rings. The lowest BCUT2D eigenvalue weighted by molar-refractivity contribution is -0.317. The zero-order chi connectivity index (χ0) is 32.0. The maximum Gasteiger partial charge on any atom is 0.311 e. The van der Waals surface area contributed by atoms with Gasteiger partial charge in [0.25, 0.3) is 0 Å². The summed E-state index contributed by atoms with van der Waals surface area (Å²) in [6, 6.07) is 20.0. The van der Waals surface area contributed by atoms with Gasteiger partial charge in [-0.1, -0.05) is 99.4 Å². The lowest BCUT2D eigenvalue weighted by Gasteiger charge is -2.46. The highest BCUT2D eigenvalue weighted by Crippen LogP contribution is 2.33. The topological polar surface area (TPSA) is 72.5 Å². The first kappa shape index (κ1) is 37.1. The molecule has 0 N–H and O–H groups in total. The third-order valence-corrected chi connectivity index (χ3v) is 10.4. The summed E-state index contributed by atoms with van der Waals surface area (Å²) in [6.45, 7) is 9.50. The Bertz CT molecular complexity index is 1070. The molecule has 44 heavy (non-hydrogen) atoms. The van der Waals surface area contributed by atoms with E-state index in [9.17, 15) is 4.79 Å². The van der Waals surface area contributed by atoms with Crippen LogP contribution in [0.3, 0.4) is 0 Å². The van der Waals surface area contributed by atoms with Crippen LogP contribution in [0.4, 0.5) is 0 Å². The number of hydrogen-bond acceptors (Lipinski definition) is 7. The van der Waals surface area contributed by atoms with Crippen molar-refractivity contribution >= 4 is 37.8 Å². The Morgan fingerprint density at radius 2 is 1.32 bits per heavy atom. The van der Waals surface area contributed by atoms with Crippen LogP contribution in [0.15, 0.2) is 60.7 Å². The fourth-order valence-electron chi connectivity index (χ4n) is 4.95. The number of carbonyl (C=O) groups is 1. The molecule has 0 amide bonds. The molecule has 0 aliphatic carbocycles. The SMILES string of the molecule is CCC1O[C@@H](OCCCC(Br)C(Br)CCCOC)C(OC(=O)C(C)(C)C)[C@@H](OCc2ccccc2)[C@@H]1OCc1ccccc1. The van der Waals surface area contributed by atoms with Crippen molar-refractivity contribution in [2.24, 2.45) is 5.41 Å². The summed E-state index contributed by atoms with van der Waals surface area (Å²) in [6.07, 6.45) is 1.41. The average molecular weight is 743 g/mol. The Morgan fingerprint density at radius 3 is 1.82 bits per heavy atom. The van der Waals surface area contributed by atoms with Crippen molar-refractivity contribution in [2.45, 2.75) is 113 Å². The number of esters is 1. The number of halogens is 2. The average Bonchev–Trinajstić information content (AvgIpc) is 3.02. The van der Waals surface area contributed by atoms with Crippen LogP contribution in [0.1, 0.15) is 70.9 Å². The van der Waals surface area contributed by atoms with E-state index in [1.807, 2.05) is 81.4 Å². The molecular weight excluding hydrogens is 692 g/mol. The highest BCUT2D eigenvalue weighted by atomic mass is 79.9. The number of ether oxygens (including phenoxy) is 6. The van der Waals surface area contributed by atoms with Crippen LogP contribution in [0.5, 0.6) is 0 Å². The van der Waals surface area contributed by atoms with Gasteiger partial charge in [-0.25, -0.2) is 0 Å². The molecule has 4 unspecified atom stereocenters. The second kappa shape index (κ2) is 19.4. The lowest BCUT2D eigenvalue weighted by Crippen LogP contribution is -2.61. The maximum absolute atomic E-state index is 13.3. The van der Waals surface area contributed by atoms with Crippen molar-refractivity contribution in [3.8, 4) is 0 Å². The van der Waals surface area contributed by atoms with Gasteiger partial charge in [0, 0.05) is 30.0 Å². The second-order valence-corrected chi connectivity index (χ2v) is 14.6. The van der Waals surface area contributed by atoms with E-state index in [2.05, 4.69) is 38.8 Å². The van der Waals surface area contributed by atoms with Crippen molar-refractivity contribution in [1.82, 2.24) is 0 Å². The molecule has 0 aromatic heterocycles. The van der Waals surface area contributed by atoms with Crippen LogP contribution >= 0.6 is 31.9 Å². The standard InChI is InChI=1S/C35H50Br2O7/c1-6-29-30(41-23-25-15-9-7-10-16-25)31(42-24-26-17-11-8-12-18-26)32(44-34(38)35(2,3)4)33(43-29)40-22-14-20-28(37)27(36)19-13-21-39-5/h7-12,15-18,27-33H,6,13-14,19-24H2,1-5H3/t27?,28?,29?,30-,31+,32?,33-/m1/s1. The normalized spacial score (nSPS) is 23.7. The van der Waals surface area contributed by atoms with Gasteiger partial charge in [0.15, 0.2) is 12.4 Å². The van der Waals surface area contributed by atoms with Crippen molar-refractivity contribution in [1.29, 1.82) is 0 Å². The van der Waals surface area contributed by atoms with Crippen molar-refractivity contribution in [3.63, 3.8) is 0 Å². The van der Waals surface area contributed by atoms with Gasteiger partial charge in [-0.05, 0) is 64.0 Å². The van der Waals surface area contributed by atoms with Crippen LogP contribution in [0, 0.1) is 5.41 Å². The predicted octanol–water partition coefficient (Wildman–Crippen LogP) is 8.00. The predicted molar refractivity (Wildman–Crippen MR) is 180 cm³/mol. The molecule has 2 aromatic rings. The molecule has 9 heteroatoms. The Morgan fingerprint density at radius 1 is 0.795 bits per heavy atom. The molecule has 0 bridgehead atoms. The van der Waals surface area contributed by atoms with E-state index in [-0.39, 0.29) is 12.1 Å². The first-order valence-corrected chi connectivity index (χ1v) is 17.5. The van der Waals surface area contributed by atoms with Gasteiger partial charge in [0.05, 0.1) is 24.7 Å². The molecular formula is C35H50Br2O7. The summed E-state index contributed by atoms with van der Waals surface area (Å²) in [7, 11) is 1.73. The van der Waals surface area contributed by atoms with Crippen LogP contribution < -0.4 is 0 Å². The van der Waals surface area contributed by atoms with E-state index < -0.39 is 30.0 Å². The molecule has 1 aliphatic rings. The highest BCUT2D eigenvalue weighted by Gasteiger charge is 2.50. The van der Waals surface area contributed by atoms with Gasteiger partial charge in [-0.2, -0.15) is 0 Å². The minimum absolute atomic E-state index is 0.297. The quantitative estimate of drug-likeness (QED) is 0.0872. The molecule has 0 saturated carbocycles. The van der Waals surface area contributed by atoms with E-state index in [0.29, 0.717) is 35.9 Å². The van der Waals surface area contributed by atoms with Gasteiger partial charge >= 0.3 is 5.97 Å². The van der Waals surface area contributed by atoms with Gasteiger partial charge in [0.2, 0.25) is 0 Å². The minimum atomic E-state index is -0.813. The molecule has 1 saturated heterocycles. The zero-order valence-corrected chi connectivity index (χ0v) is 30.0. The molecule has 246 valence electrons. The molecule has 3 rings (SSSR count). The van der Waals surface area contributed by atoms with E-state index in [0.717, 1.165) is 43.4 Å². The zero-order valence-electron chi connectivity index (χ0n) is 26.8. The Balaban J connectivity index is 1.79. The molecule has 2 aromatic carbocycles. The number of methoxy groups -OCH3 is 1. The van der Waals surface area contributed by atoms with Crippen LogP contribution in [0.2, 0.25) is 0 Å². The van der Waals surface area contributed by atoms with Gasteiger partial charge in [-0.15, -0.1) is 0 Å². The molecule has 1 aliphatic heterocycles. The van der Waals surface area contributed by atoms with Crippen molar-refractivity contribution in [2.75, 3.05) is 20.3 Å². The Kier molecular flexibility index (Phi) is 16.3. The van der Waals surface area contributed by atoms with E-state index in [1.165, 1.54) is 0 Å². The largest absolute Gasteiger partial charge is 0.454 e. The van der Waals surface area contributed by atoms with Gasteiger partial charge in [-0.3, -0.25) is 4.79 Å². The van der Waals surface area contributed by atoms with Gasteiger partial charge in [0.1, 0.15) is 12.2 Å². The van der Waals surface area contributed by atoms with E-state index in [1.54, 1.807) is 7.11 Å². The maximum atomic E-state index is 13.3. The third kappa shape index (κ3) is 12.1. The summed E-state index contributed by atoms with van der Waals surface area (Å²) in [5.74, 6) is -0.344. The monoisotopic (exact) mass is 740 g/mol. The third-order valence-electron chi connectivity index (χ3n) is 7.55. The number of carbonyl (C=O) groups excluding carboxylic acids is 1. The number of alkyl halides is 2. The molecule has 7 atom stereocenters. The first-order valence-electron chi connectivity index (χ1n) is 15.7. The lowest BCUT2D eigenvalue weighted by atomic mass is 9.94. The van der Waals surface area contributed by atoms with Crippen LogP contribution in [-0.4, -0.2) is 66.7 Å². The van der Waals surface area contributed by atoms with Gasteiger partial charge < -0.3 is 28.4 Å². The summed E-state index contributed by atoms with van der Waals surface area (Å²) in [5.41, 5.74) is 1.35. The second-order valence-electron chi connectivity index (χ2n) is 12.3. The summed E-state index contributed by atoms with van der Waals surface area (Å²) in [4.78, 5) is 13.9. The Labute approximate surface area is 280 Å². The number of rotatable bonds is 18. The minimum Gasteiger partial charge on any atom is -0.454 e. The first-order chi connectivity index (χ1) is 21.1. The summed E-state index contributed by atoms with van der Waals surface area (Å²) >= 11 is 7.63. The fraction of sp³-hybridized carbons (Fsp3) is 0.629.